The van der Waals surface area contributed by atoms with E-state index in [1.807, 2.05) is 22.1 Å². The summed E-state index contributed by atoms with van der Waals surface area (Å²) in [5.74, 6) is -1.42. The molecule has 0 saturated heterocycles. The molecule has 1 aromatic carbocycles. The summed E-state index contributed by atoms with van der Waals surface area (Å²) in [5, 5.41) is 11.3. The SMILES string of the molecule is O=C(O)CSc1nc2c(F)cccc2n1Cc1cccs1. The zero-order chi connectivity index (χ0) is 14.8. The average Bonchev–Trinajstić information content (AvgIpc) is 3.07. The van der Waals surface area contributed by atoms with E-state index in [0.717, 1.165) is 16.6 Å². The van der Waals surface area contributed by atoms with Crippen molar-refractivity contribution in [3.63, 3.8) is 0 Å². The molecule has 0 bridgehead atoms. The molecule has 3 rings (SSSR count). The first-order valence-corrected chi connectivity index (χ1v) is 8.03. The number of thioether (sulfide) groups is 1. The number of fused-ring (bicyclic) bond motifs is 1. The number of rotatable bonds is 5. The number of aliphatic carboxylic acids is 1. The van der Waals surface area contributed by atoms with Crippen LogP contribution >= 0.6 is 23.1 Å². The Labute approximate surface area is 128 Å². The zero-order valence-corrected chi connectivity index (χ0v) is 12.5. The molecule has 0 aliphatic rings. The molecule has 1 N–H and O–H groups in total. The molecule has 0 radical (unpaired) electrons. The summed E-state index contributed by atoms with van der Waals surface area (Å²) in [6.45, 7) is 0.555. The normalized spacial score (nSPS) is 11.1. The number of aromatic nitrogens is 2. The lowest BCUT2D eigenvalue weighted by Gasteiger charge is -2.06. The van der Waals surface area contributed by atoms with E-state index in [4.69, 9.17) is 5.11 Å². The predicted octanol–water partition coefficient (Wildman–Crippen LogP) is 3.46. The van der Waals surface area contributed by atoms with E-state index in [9.17, 15) is 9.18 Å². The third-order valence-corrected chi connectivity index (χ3v) is 4.74. The van der Waals surface area contributed by atoms with E-state index in [0.29, 0.717) is 17.2 Å². The monoisotopic (exact) mass is 322 g/mol. The molecule has 0 unspecified atom stereocenters. The van der Waals surface area contributed by atoms with E-state index in [1.165, 1.54) is 6.07 Å². The molecule has 2 aromatic heterocycles. The van der Waals surface area contributed by atoms with Crippen molar-refractivity contribution in [2.45, 2.75) is 11.7 Å². The topological polar surface area (TPSA) is 55.1 Å². The third-order valence-electron chi connectivity index (χ3n) is 2.91. The van der Waals surface area contributed by atoms with Crippen LogP contribution in [-0.4, -0.2) is 26.4 Å². The third kappa shape index (κ3) is 2.93. The number of carboxylic acids is 1. The highest BCUT2D eigenvalue weighted by Gasteiger charge is 2.15. The van der Waals surface area contributed by atoms with E-state index in [2.05, 4.69) is 4.98 Å². The first-order chi connectivity index (χ1) is 10.1. The summed E-state index contributed by atoms with van der Waals surface area (Å²) < 4.78 is 15.7. The maximum absolute atomic E-state index is 13.9. The maximum atomic E-state index is 13.9. The number of halogens is 1. The number of nitrogens with zero attached hydrogens (tertiary/aromatic N) is 2. The van der Waals surface area contributed by atoms with Gasteiger partial charge in [-0.05, 0) is 23.6 Å². The smallest absolute Gasteiger partial charge is 0.313 e. The lowest BCUT2D eigenvalue weighted by Crippen LogP contribution is -2.03. The number of carboxylic acid groups (broad SMARTS) is 1. The minimum absolute atomic E-state index is 0.102. The minimum atomic E-state index is -0.921. The molecule has 0 spiro atoms. The summed E-state index contributed by atoms with van der Waals surface area (Å²) >= 11 is 2.70. The first kappa shape index (κ1) is 14.1. The Hall–Kier alpha value is -1.86. The van der Waals surface area contributed by atoms with Gasteiger partial charge in [-0.15, -0.1) is 11.3 Å². The highest BCUT2D eigenvalue weighted by molar-refractivity contribution is 7.99. The van der Waals surface area contributed by atoms with Crippen LogP contribution in [0.3, 0.4) is 0 Å². The van der Waals surface area contributed by atoms with Crippen LogP contribution in [0.2, 0.25) is 0 Å². The number of para-hydroxylation sites is 1. The number of hydrogen-bond acceptors (Lipinski definition) is 4. The molecule has 7 heteroatoms. The largest absolute Gasteiger partial charge is 0.481 e. The van der Waals surface area contributed by atoms with Gasteiger partial charge in [-0.25, -0.2) is 9.37 Å². The van der Waals surface area contributed by atoms with Crippen LogP contribution in [-0.2, 0) is 11.3 Å². The Kier molecular flexibility index (Phi) is 3.94. The van der Waals surface area contributed by atoms with Crippen molar-refractivity contribution in [3.8, 4) is 0 Å². The second kappa shape index (κ2) is 5.87. The van der Waals surface area contributed by atoms with Crippen molar-refractivity contribution in [2.24, 2.45) is 0 Å². The van der Waals surface area contributed by atoms with Gasteiger partial charge in [0, 0.05) is 4.88 Å². The lowest BCUT2D eigenvalue weighted by molar-refractivity contribution is -0.133. The van der Waals surface area contributed by atoms with Gasteiger partial charge >= 0.3 is 5.97 Å². The lowest BCUT2D eigenvalue weighted by atomic mass is 10.3. The van der Waals surface area contributed by atoms with E-state index >= 15 is 0 Å². The van der Waals surface area contributed by atoms with E-state index < -0.39 is 11.8 Å². The molecule has 0 saturated carbocycles. The number of thiophene rings is 1. The van der Waals surface area contributed by atoms with Crippen molar-refractivity contribution >= 4 is 40.1 Å². The molecule has 0 aliphatic carbocycles. The zero-order valence-electron chi connectivity index (χ0n) is 10.8. The molecule has 3 aromatic rings. The molecule has 4 nitrogen and oxygen atoms in total. The van der Waals surface area contributed by atoms with Gasteiger partial charge < -0.3 is 9.67 Å². The number of benzene rings is 1. The number of carbonyl (C=O) groups is 1. The fourth-order valence-corrected chi connectivity index (χ4v) is 3.46. The summed E-state index contributed by atoms with van der Waals surface area (Å²) in [7, 11) is 0. The standard InChI is InChI=1S/C14H11FN2O2S2/c15-10-4-1-5-11-13(10)16-14(21-8-12(18)19)17(11)7-9-3-2-6-20-9/h1-6H,7-8H2,(H,18,19). The molecular weight excluding hydrogens is 311 g/mol. The van der Waals surface area contributed by atoms with E-state index in [-0.39, 0.29) is 11.3 Å². The quantitative estimate of drug-likeness (QED) is 0.731. The van der Waals surface area contributed by atoms with Gasteiger partial charge in [0.2, 0.25) is 0 Å². The van der Waals surface area contributed by atoms with Gasteiger partial charge in [0.1, 0.15) is 5.52 Å². The van der Waals surface area contributed by atoms with Gasteiger partial charge in [-0.1, -0.05) is 23.9 Å². The van der Waals surface area contributed by atoms with Crippen LogP contribution in [0, 0.1) is 5.82 Å². The second-order valence-corrected chi connectivity index (χ2v) is 6.32. The molecular formula is C14H11FN2O2S2. The van der Waals surface area contributed by atoms with Gasteiger partial charge in [-0.2, -0.15) is 0 Å². The molecule has 2 heterocycles. The molecule has 0 fully saturated rings. The van der Waals surface area contributed by atoms with Crippen LogP contribution in [0.5, 0.6) is 0 Å². The number of imidazole rings is 1. The van der Waals surface area contributed by atoms with Crippen molar-refractivity contribution in [1.29, 1.82) is 0 Å². The van der Waals surface area contributed by atoms with Crippen LogP contribution in [0.4, 0.5) is 4.39 Å². The summed E-state index contributed by atoms with van der Waals surface area (Å²) in [6, 6.07) is 8.72. The molecule has 0 atom stereocenters. The Bertz CT molecular complexity index is 784. The summed E-state index contributed by atoms with van der Waals surface area (Å²) in [5.41, 5.74) is 0.957. The van der Waals surface area contributed by atoms with Gasteiger partial charge in [0.25, 0.3) is 0 Å². The molecule has 0 amide bonds. The van der Waals surface area contributed by atoms with Crippen molar-refractivity contribution in [3.05, 3.63) is 46.4 Å². The molecule has 108 valence electrons. The second-order valence-electron chi connectivity index (χ2n) is 4.35. The Morgan fingerprint density at radius 3 is 2.95 bits per heavy atom. The van der Waals surface area contributed by atoms with Gasteiger partial charge in [-0.3, -0.25) is 4.79 Å². The average molecular weight is 322 g/mol. The van der Waals surface area contributed by atoms with Gasteiger partial charge in [0.15, 0.2) is 11.0 Å². The van der Waals surface area contributed by atoms with Crippen LogP contribution in [0.1, 0.15) is 4.88 Å². The Morgan fingerprint density at radius 1 is 1.38 bits per heavy atom. The molecule has 0 aliphatic heterocycles. The predicted molar refractivity (Wildman–Crippen MR) is 81.5 cm³/mol. The Morgan fingerprint density at radius 2 is 2.24 bits per heavy atom. The fourth-order valence-electron chi connectivity index (χ4n) is 2.04. The van der Waals surface area contributed by atoms with Crippen molar-refractivity contribution in [2.75, 3.05) is 5.75 Å². The Balaban J connectivity index is 2.06. The van der Waals surface area contributed by atoms with Crippen LogP contribution in [0.15, 0.2) is 40.9 Å². The summed E-state index contributed by atoms with van der Waals surface area (Å²) in [6.07, 6.45) is 0. The van der Waals surface area contributed by atoms with Crippen LogP contribution in [0.25, 0.3) is 11.0 Å². The minimum Gasteiger partial charge on any atom is -0.481 e. The highest BCUT2D eigenvalue weighted by Crippen LogP contribution is 2.27. The number of hydrogen-bond donors (Lipinski definition) is 1. The van der Waals surface area contributed by atoms with E-state index in [1.54, 1.807) is 23.5 Å². The molecule has 21 heavy (non-hydrogen) atoms. The highest BCUT2D eigenvalue weighted by atomic mass is 32.2. The maximum Gasteiger partial charge on any atom is 0.313 e. The van der Waals surface area contributed by atoms with Crippen molar-refractivity contribution < 1.29 is 14.3 Å². The van der Waals surface area contributed by atoms with Crippen LogP contribution < -0.4 is 0 Å². The first-order valence-electron chi connectivity index (χ1n) is 6.17. The van der Waals surface area contributed by atoms with Gasteiger partial charge in [0.05, 0.1) is 17.8 Å². The summed E-state index contributed by atoms with van der Waals surface area (Å²) in [4.78, 5) is 16.1. The fraction of sp³-hybridized carbons (Fsp3) is 0.143. The van der Waals surface area contributed by atoms with Crippen molar-refractivity contribution in [1.82, 2.24) is 9.55 Å².